The summed E-state index contributed by atoms with van der Waals surface area (Å²) in [6, 6.07) is 15.1. The van der Waals surface area contributed by atoms with Gasteiger partial charge in [0.05, 0.1) is 0 Å². The highest BCUT2D eigenvalue weighted by Crippen LogP contribution is 2.12. The maximum atomic E-state index is 12.8. The van der Waals surface area contributed by atoms with Crippen molar-refractivity contribution in [2.45, 2.75) is 20.4 Å². The zero-order valence-electron chi connectivity index (χ0n) is 16.1. The normalized spacial score (nSPS) is 14.8. The number of carbonyl (C=O) groups is 2. The third-order valence-electron chi connectivity index (χ3n) is 5.01. The predicted octanol–water partition coefficient (Wildman–Crippen LogP) is 2.70. The van der Waals surface area contributed by atoms with E-state index in [0.29, 0.717) is 17.7 Å². The number of amides is 2. The summed E-state index contributed by atoms with van der Waals surface area (Å²) in [4.78, 5) is 29.5. The van der Waals surface area contributed by atoms with Gasteiger partial charge in [0, 0.05) is 43.9 Å². The fraction of sp³-hybridized carbons (Fsp3) is 0.364. The Morgan fingerprint density at radius 3 is 2.37 bits per heavy atom. The lowest BCUT2D eigenvalue weighted by Gasteiger charge is -2.34. The van der Waals surface area contributed by atoms with Crippen LogP contribution in [0, 0.1) is 6.92 Å². The Bertz CT molecular complexity index is 811. The molecule has 2 aromatic carbocycles. The number of carbonyl (C=O) groups excluding carboxylic acids is 2. The van der Waals surface area contributed by atoms with Crippen LogP contribution in [0.3, 0.4) is 0 Å². The quantitative estimate of drug-likeness (QED) is 0.886. The Balaban J connectivity index is 1.62. The number of piperazine rings is 1. The van der Waals surface area contributed by atoms with E-state index < -0.39 is 0 Å². The fourth-order valence-electron chi connectivity index (χ4n) is 3.35. The van der Waals surface area contributed by atoms with Gasteiger partial charge in [0.1, 0.15) is 0 Å². The zero-order valence-corrected chi connectivity index (χ0v) is 16.1. The van der Waals surface area contributed by atoms with Crippen molar-refractivity contribution in [3.63, 3.8) is 0 Å². The summed E-state index contributed by atoms with van der Waals surface area (Å²) >= 11 is 0. The maximum absolute atomic E-state index is 12.8. The first-order valence-electron chi connectivity index (χ1n) is 9.52. The van der Waals surface area contributed by atoms with Crippen LogP contribution in [0.25, 0.3) is 0 Å². The van der Waals surface area contributed by atoms with E-state index in [1.54, 1.807) is 24.3 Å². The van der Waals surface area contributed by atoms with E-state index in [4.69, 9.17) is 0 Å². The Morgan fingerprint density at radius 1 is 0.963 bits per heavy atom. The number of likely N-dealkylation sites (N-methyl/N-ethyl adjacent to an activating group) is 1. The van der Waals surface area contributed by atoms with Gasteiger partial charge >= 0.3 is 0 Å². The SMILES string of the molecule is CCN1CCN(C(=O)c2cccc(C(=O)NCc3cccc(C)c3)c2)CC1. The van der Waals surface area contributed by atoms with Gasteiger partial charge in [-0.2, -0.15) is 0 Å². The van der Waals surface area contributed by atoms with E-state index in [1.165, 1.54) is 0 Å². The van der Waals surface area contributed by atoms with Gasteiger partial charge in [-0.3, -0.25) is 9.59 Å². The number of hydrogen-bond acceptors (Lipinski definition) is 3. The first-order chi connectivity index (χ1) is 13.1. The maximum Gasteiger partial charge on any atom is 0.253 e. The van der Waals surface area contributed by atoms with Crippen LogP contribution in [0.5, 0.6) is 0 Å². The highest BCUT2D eigenvalue weighted by molar-refractivity contribution is 5.99. The monoisotopic (exact) mass is 365 g/mol. The van der Waals surface area contributed by atoms with E-state index in [9.17, 15) is 9.59 Å². The molecule has 0 spiro atoms. The van der Waals surface area contributed by atoms with E-state index in [2.05, 4.69) is 23.2 Å². The van der Waals surface area contributed by atoms with Crippen LogP contribution in [0.1, 0.15) is 38.8 Å². The van der Waals surface area contributed by atoms with E-state index in [1.807, 2.05) is 30.0 Å². The summed E-state index contributed by atoms with van der Waals surface area (Å²) in [5.41, 5.74) is 3.31. The third kappa shape index (κ3) is 4.95. The van der Waals surface area contributed by atoms with Crippen molar-refractivity contribution in [1.82, 2.24) is 15.1 Å². The highest BCUT2D eigenvalue weighted by Gasteiger charge is 2.21. The second kappa shape index (κ2) is 8.82. The molecule has 0 aliphatic carbocycles. The van der Waals surface area contributed by atoms with Gasteiger partial charge in [0.15, 0.2) is 0 Å². The molecule has 0 unspecified atom stereocenters. The van der Waals surface area contributed by atoms with Crippen LogP contribution in [-0.4, -0.2) is 54.3 Å². The van der Waals surface area contributed by atoms with Crippen molar-refractivity contribution < 1.29 is 9.59 Å². The molecule has 3 rings (SSSR count). The van der Waals surface area contributed by atoms with Crippen molar-refractivity contribution in [3.8, 4) is 0 Å². The van der Waals surface area contributed by atoms with Gasteiger partial charge in [-0.1, -0.05) is 42.8 Å². The molecular weight excluding hydrogens is 338 g/mol. The molecule has 1 N–H and O–H groups in total. The number of aryl methyl sites for hydroxylation is 1. The van der Waals surface area contributed by atoms with Crippen LogP contribution in [-0.2, 0) is 6.54 Å². The number of rotatable bonds is 5. The average Bonchev–Trinajstić information content (AvgIpc) is 2.71. The smallest absolute Gasteiger partial charge is 0.253 e. The van der Waals surface area contributed by atoms with Gasteiger partial charge < -0.3 is 15.1 Å². The summed E-state index contributed by atoms with van der Waals surface area (Å²) in [5.74, 6) is -0.166. The van der Waals surface area contributed by atoms with Crippen molar-refractivity contribution in [2.75, 3.05) is 32.7 Å². The molecule has 0 aromatic heterocycles. The molecule has 1 fully saturated rings. The molecule has 0 bridgehead atoms. The summed E-state index contributed by atoms with van der Waals surface area (Å²) in [5, 5.41) is 2.93. The van der Waals surface area contributed by atoms with Crippen LogP contribution >= 0.6 is 0 Å². The largest absolute Gasteiger partial charge is 0.348 e. The van der Waals surface area contributed by atoms with Gasteiger partial charge in [-0.25, -0.2) is 0 Å². The summed E-state index contributed by atoms with van der Waals surface area (Å²) in [6.45, 7) is 8.91. The lowest BCUT2D eigenvalue weighted by atomic mass is 10.1. The number of hydrogen-bond donors (Lipinski definition) is 1. The number of benzene rings is 2. The Morgan fingerprint density at radius 2 is 1.67 bits per heavy atom. The second-order valence-corrected chi connectivity index (χ2v) is 6.98. The van der Waals surface area contributed by atoms with Gasteiger partial charge in [0.2, 0.25) is 0 Å². The number of nitrogens with zero attached hydrogens (tertiary/aromatic N) is 2. The van der Waals surface area contributed by atoms with Crippen molar-refractivity contribution in [2.24, 2.45) is 0 Å². The lowest BCUT2D eigenvalue weighted by Crippen LogP contribution is -2.48. The third-order valence-corrected chi connectivity index (χ3v) is 5.01. The van der Waals surface area contributed by atoms with E-state index in [0.717, 1.165) is 43.9 Å². The molecule has 2 aromatic rings. The molecule has 5 nitrogen and oxygen atoms in total. The Kier molecular flexibility index (Phi) is 6.24. The zero-order chi connectivity index (χ0) is 19.2. The minimum Gasteiger partial charge on any atom is -0.348 e. The minimum atomic E-state index is -0.165. The van der Waals surface area contributed by atoms with Crippen LogP contribution in [0.4, 0.5) is 0 Å². The lowest BCUT2D eigenvalue weighted by molar-refractivity contribution is 0.0643. The Labute approximate surface area is 161 Å². The molecule has 0 atom stereocenters. The molecule has 2 amide bonds. The van der Waals surface area contributed by atoms with E-state index >= 15 is 0 Å². The van der Waals surface area contributed by atoms with Crippen LogP contribution in [0.15, 0.2) is 48.5 Å². The molecular formula is C22H27N3O2. The highest BCUT2D eigenvalue weighted by atomic mass is 16.2. The number of nitrogens with one attached hydrogen (secondary N) is 1. The molecule has 0 saturated carbocycles. The predicted molar refractivity (Wildman–Crippen MR) is 107 cm³/mol. The molecule has 1 aliphatic rings. The standard InChI is InChI=1S/C22H27N3O2/c1-3-24-10-12-25(13-11-24)22(27)20-9-5-8-19(15-20)21(26)23-16-18-7-4-6-17(2)14-18/h4-9,14-15H,3,10-13,16H2,1-2H3,(H,23,26). The molecule has 0 radical (unpaired) electrons. The summed E-state index contributed by atoms with van der Waals surface area (Å²) in [6.07, 6.45) is 0. The second-order valence-electron chi connectivity index (χ2n) is 6.98. The van der Waals surface area contributed by atoms with Gasteiger partial charge in [-0.05, 0) is 37.2 Å². The van der Waals surface area contributed by atoms with Crippen LogP contribution in [0.2, 0.25) is 0 Å². The Hall–Kier alpha value is -2.66. The molecule has 1 heterocycles. The molecule has 5 heteroatoms. The van der Waals surface area contributed by atoms with Gasteiger partial charge in [0.25, 0.3) is 11.8 Å². The van der Waals surface area contributed by atoms with Crippen LogP contribution < -0.4 is 5.32 Å². The average molecular weight is 365 g/mol. The molecule has 142 valence electrons. The molecule has 1 saturated heterocycles. The van der Waals surface area contributed by atoms with Crippen molar-refractivity contribution in [1.29, 1.82) is 0 Å². The van der Waals surface area contributed by atoms with Gasteiger partial charge in [-0.15, -0.1) is 0 Å². The topological polar surface area (TPSA) is 52.7 Å². The summed E-state index contributed by atoms with van der Waals surface area (Å²) in [7, 11) is 0. The first-order valence-corrected chi connectivity index (χ1v) is 9.52. The fourth-order valence-corrected chi connectivity index (χ4v) is 3.35. The molecule has 27 heavy (non-hydrogen) atoms. The van der Waals surface area contributed by atoms with Crippen molar-refractivity contribution in [3.05, 3.63) is 70.8 Å². The minimum absolute atomic E-state index is 0.000845. The summed E-state index contributed by atoms with van der Waals surface area (Å²) < 4.78 is 0. The van der Waals surface area contributed by atoms with E-state index in [-0.39, 0.29) is 11.8 Å². The first kappa shape index (κ1) is 19.1. The molecule has 1 aliphatic heterocycles. The van der Waals surface area contributed by atoms with Crippen molar-refractivity contribution >= 4 is 11.8 Å².